The molecule has 0 radical (unpaired) electrons. The maximum Gasteiger partial charge on any atom is 0.193 e. The first-order valence-corrected chi connectivity index (χ1v) is 14.4. The molecular weight excluding hydrogens is 544 g/mol. The van der Waals surface area contributed by atoms with Crippen LogP contribution in [0, 0.1) is 6.92 Å². The van der Waals surface area contributed by atoms with Gasteiger partial charge in [-0.15, -0.1) is 0 Å². The second-order valence-electron chi connectivity index (χ2n) is 10.6. The van der Waals surface area contributed by atoms with Crippen LogP contribution >= 0.6 is 0 Å². The molecule has 0 saturated heterocycles. The molecule has 0 fully saturated rings. The lowest BCUT2D eigenvalue weighted by Gasteiger charge is -2.09. The third kappa shape index (κ3) is 6.35. The van der Waals surface area contributed by atoms with Gasteiger partial charge in [-0.25, -0.2) is 0 Å². The highest BCUT2D eigenvalue weighted by molar-refractivity contribution is 6.13. The molecule has 0 heterocycles. The Morgan fingerprint density at radius 3 is 1.23 bits per heavy atom. The Kier molecular flexibility index (Phi) is 8.15. The third-order valence-corrected chi connectivity index (χ3v) is 7.55. The van der Waals surface area contributed by atoms with E-state index >= 15 is 0 Å². The van der Waals surface area contributed by atoms with Crippen molar-refractivity contribution in [3.63, 3.8) is 0 Å². The topological polar surface area (TPSA) is 52.6 Å². The maximum absolute atomic E-state index is 13.2. The summed E-state index contributed by atoms with van der Waals surface area (Å²) in [7, 11) is 1.67. The van der Waals surface area contributed by atoms with Crippen LogP contribution in [0.1, 0.15) is 37.4 Å². The molecule has 0 aliphatic heterocycles. The number of hydrogen-bond acceptors (Lipinski definition) is 4. The molecule has 0 saturated carbocycles. The van der Waals surface area contributed by atoms with E-state index in [9.17, 15) is 9.59 Å². The molecule has 0 aliphatic rings. The van der Waals surface area contributed by atoms with E-state index in [0.717, 1.165) is 33.6 Å². The number of carbonyl (C=O) groups excluding carboxylic acids is 2. The fourth-order valence-electron chi connectivity index (χ4n) is 5.00. The van der Waals surface area contributed by atoms with Gasteiger partial charge in [-0.3, -0.25) is 9.59 Å². The number of aryl methyl sites for hydroxylation is 1. The van der Waals surface area contributed by atoms with Gasteiger partial charge in [0.05, 0.1) is 7.11 Å². The zero-order valence-corrected chi connectivity index (χ0v) is 24.5. The van der Waals surface area contributed by atoms with E-state index in [1.165, 1.54) is 0 Å². The lowest BCUT2D eigenvalue weighted by atomic mass is 9.97. The van der Waals surface area contributed by atoms with Gasteiger partial charge in [-0.05, 0) is 83.8 Å². The van der Waals surface area contributed by atoms with Gasteiger partial charge in [0, 0.05) is 22.3 Å². The van der Waals surface area contributed by atoms with Crippen LogP contribution in [0.25, 0.3) is 22.3 Å². The SMILES string of the molecule is COc1ccc(-c2ccc(-c3ccc(Oc4ccc(C(=O)c5cccc(C(=O)c6ccc(C)cc6)c5)cc4)cc3)cc2)cc1. The molecule has 0 unspecified atom stereocenters. The van der Waals surface area contributed by atoms with Crippen molar-refractivity contribution in [1.82, 2.24) is 0 Å². The second kappa shape index (κ2) is 12.6. The smallest absolute Gasteiger partial charge is 0.193 e. The first kappa shape index (κ1) is 28.4. The van der Waals surface area contributed by atoms with Gasteiger partial charge in [0.15, 0.2) is 11.6 Å². The van der Waals surface area contributed by atoms with Crippen LogP contribution < -0.4 is 9.47 Å². The normalized spacial score (nSPS) is 10.7. The van der Waals surface area contributed by atoms with E-state index in [1.54, 1.807) is 67.8 Å². The van der Waals surface area contributed by atoms with Crippen molar-refractivity contribution in [3.8, 4) is 39.5 Å². The summed E-state index contributed by atoms with van der Waals surface area (Å²) in [5.74, 6) is 1.90. The molecular formula is C40H30O4. The molecule has 4 nitrogen and oxygen atoms in total. The number of benzene rings is 6. The van der Waals surface area contributed by atoms with Crippen molar-refractivity contribution in [2.75, 3.05) is 7.11 Å². The molecule has 44 heavy (non-hydrogen) atoms. The first-order chi connectivity index (χ1) is 21.5. The molecule has 214 valence electrons. The molecule has 6 rings (SSSR count). The van der Waals surface area contributed by atoms with Crippen molar-refractivity contribution >= 4 is 11.6 Å². The fraction of sp³-hybridized carbons (Fsp3) is 0.0500. The molecule has 6 aromatic carbocycles. The lowest BCUT2D eigenvalue weighted by molar-refractivity contribution is 0.103. The predicted molar refractivity (Wildman–Crippen MR) is 175 cm³/mol. The van der Waals surface area contributed by atoms with Crippen molar-refractivity contribution in [2.45, 2.75) is 6.92 Å². The quantitative estimate of drug-likeness (QED) is 0.161. The molecule has 0 aromatic heterocycles. The van der Waals surface area contributed by atoms with E-state index in [1.807, 2.05) is 55.5 Å². The van der Waals surface area contributed by atoms with Crippen LogP contribution in [0.15, 0.2) is 146 Å². The molecule has 0 amide bonds. The van der Waals surface area contributed by atoms with Crippen molar-refractivity contribution < 1.29 is 19.1 Å². The van der Waals surface area contributed by atoms with E-state index in [2.05, 4.69) is 36.4 Å². The van der Waals surface area contributed by atoms with Gasteiger partial charge in [0.25, 0.3) is 0 Å². The minimum absolute atomic E-state index is 0.111. The van der Waals surface area contributed by atoms with Crippen LogP contribution in [0.3, 0.4) is 0 Å². The molecule has 0 aliphatic carbocycles. The largest absolute Gasteiger partial charge is 0.497 e. The van der Waals surface area contributed by atoms with Gasteiger partial charge < -0.3 is 9.47 Å². The summed E-state index contributed by atoms with van der Waals surface area (Å²) in [5, 5.41) is 0. The summed E-state index contributed by atoms with van der Waals surface area (Å²) >= 11 is 0. The number of methoxy groups -OCH3 is 1. The zero-order chi connectivity index (χ0) is 30.5. The lowest BCUT2D eigenvalue weighted by Crippen LogP contribution is -2.06. The summed E-state index contributed by atoms with van der Waals surface area (Å²) in [6.07, 6.45) is 0. The monoisotopic (exact) mass is 574 g/mol. The Bertz CT molecular complexity index is 1900. The summed E-state index contributed by atoms with van der Waals surface area (Å²) in [5.41, 5.74) is 7.62. The van der Waals surface area contributed by atoms with E-state index in [0.29, 0.717) is 33.8 Å². The van der Waals surface area contributed by atoms with Gasteiger partial charge in [-0.1, -0.05) is 96.6 Å². The fourth-order valence-corrected chi connectivity index (χ4v) is 5.00. The molecule has 0 spiro atoms. The Morgan fingerprint density at radius 2 is 0.795 bits per heavy atom. The highest BCUT2D eigenvalue weighted by Crippen LogP contribution is 2.29. The summed E-state index contributed by atoms with van der Waals surface area (Å²) in [6, 6.07) is 45.7. The highest BCUT2D eigenvalue weighted by atomic mass is 16.5. The van der Waals surface area contributed by atoms with Crippen molar-refractivity contribution in [3.05, 3.63) is 173 Å². The Labute approximate surface area is 257 Å². The Hall–Kier alpha value is -5.74. The van der Waals surface area contributed by atoms with Gasteiger partial charge >= 0.3 is 0 Å². The predicted octanol–water partition coefficient (Wildman–Crippen LogP) is 9.59. The number of carbonyl (C=O) groups is 2. The van der Waals surface area contributed by atoms with Crippen LogP contribution in [-0.2, 0) is 0 Å². The number of hydrogen-bond donors (Lipinski definition) is 0. The first-order valence-electron chi connectivity index (χ1n) is 14.4. The van der Waals surface area contributed by atoms with Crippen molar-refractivity contribution in [2.24, 2.45) is 0 Å². The van der Waals surface area contributed by atoms with Gasteiger partial charge in [-0.2, -0.15) is 0 Å². The molecule has 6 aromatic rings. The molecule has 0 atom stereocenters. The minimum Gasteiger partial charge on any atom is -0.497 e. The van der Waals surface area contributed by atoms with Crippen molar-refractivity contribution in [1.29, 1.82) is 0 Å². The summed E-state index contributed by atoms with van der Waals surface area (Å²) in [6.45, 7) is 1.98. The number of ketones is 2. The van der Waals surface area contributed by atoms with Crippen LogP contribution in [-0.4, -0.2) is 18.7 Å². The highest BCUT2D eigenvalue weighted by Gasteiger charge is 2.14. The average molecular weight is 575 g/mol. The second-order valence-corrected chi connectivity index (χ2v) is 10.6. The number of ether oxygens (including phenoxy) is 2. The van der Waals surface area contributed by atoms with Crippen LogP contribution in [0.5, 0.6) is 17.2 Å². The Morgan fingerprint density at radius 1 is 0.432 bits per heavy atom. The van der Waals surface area contributed by atoms with Gasteiger partial charge in [0.2, 0.25) is 0 Å². The summed E-state index contributed by atoms with van der Waals surface area (Å²) < 4.78 is 11.3. The molecule has 0 bridgehead atoms. The van der Waals surface area contributed by atoms with Crippen LogP contribution in [0.2, 0.25) is 0 Å². The molecule has 4 heteroatoms. The third-order valence-electron chi connectivity index (χ3n) is 7.55. The standard InChI is InChI=1S/C40H30O4/c1-27-6-8-32(9-7-27)39(41)34-4-3-5-35(26-34)40(42)33-18-24-38(25-19-33)44-37-22-16-31(17-23-37)29-12-10-28(11-13-29)30-14-20-36(43-2)21-15-30/h3-26H,1-2H3. The van der Waals surface area contributed by atoms with E-state index < -0.39 is 0 Å². The minimum atomic E-state index is -0.155. The van der Waals surface area contributed by atoms with E-state index in [-0.39, 0.29) is 11.6 Å². The maximum atomic E-state index is 13.2. The van der Waals surface area contributed by atoms with Crippen LogP contribution in [0.4, 0.5) is 0 Å². The number of rotatable bonds is 9. The Balaban J connectivity index is 1.10. The van der Waals surface area contributed by atoms with E-state index in [4.69, 9.17) is 9.47 Å². The molecule has 0 N–H and O–H groups in total. The average Bonchev–Trinajstić information content (AvgIpc) is 3.09. The zero-order valence-electron chi connectivity index (χ0n) is 24.5. The van der Waals surface area contributed by atoms with Gasteiger partial charge in [0.1, 0.15) is 17.2 Å². The summed E-state index contributed by atoms with van der Waals surface area (Å²) in [4.78, 5) is 26.2.